The molecule has 31 valence electrons. The predicted molar refractivity (Wildman–Crippen MR) is 7.14 cm³/mol. The Hall–Kier alpha value is 0.314. The van der Waals surface area contributed by atoms with Gasteiger partial charge in [0.1, 0.15) is 0 Å². The van der Waals surface area contributed by atoms with Gasteiger partial charge in [-0.2, -0.15) is 0 Å². The molecule has 0 spiro atoms. The molecule has 0 bridgehead atoms. The summed E-state index contributed by atoms with van der Waals surface area (Å²) in [5.41, 5.74) is 0. The third-order valence-electron chi connectivity index (χ3n) is 0. The molecule has 0 saturated carbocycles. The third-order valence-corrected chi connectivity index (χ3v) is 0. The van der Waals surface area contributed by atoms with Gasteiger partial charge in [0, 0.05) is 22.6 Å². The quantitative estimate of drug-likeness (QED) is 0.390. The van der Waals surface area contributed by atoms with Crippen molar-refractivity contribution in [1.82, 2.24) is 6.15 Å². The summed E-state index contributed by atoms with van der Waals surface area (Å²) in [7, 11) is 0. The van der Waals surface area contributed by atoms with Crippen LogP contribution >= 0.6 is 0 Å². The minimum absolute atomic E-state index is 0. The molecule has 0 saturated heterocycles. The number of hydrogen-bond acceptors (Lipinski definition) is 0. The van der Waals surface area contributed by atoms with E-state index in [-0.39, 0.29) is 32.1 Å². The molecular formula is H2F2NNi. The van der Waals surface area contributed by atoms with Gasteiger partial charge in [0.25, 0.3) is 0 Å². The third kappa shape index (κ3) is 40.6. The summed E-state index contributed by atoms with van der Waals surface area (Å²) >= 11 is 0. The Morgan fingerprint density at radius 2 is 0.750 bits per heavy atom. The summed E-state index contributed by atoms with van der Waals surface area (Å²) in [6.45, 7) is 0. The Labute approximate surface area is 33.0 Å². The molecule has 4 heavy (non-hydrogen) atoms. The predicted octanol–water partition coefficient (Wildman–Crippen LogP) is -0.178. The second-order valence-corrected chi connectivity index (χ2v) is 0. The molecule has 0 aliphatic heterocycles. The molecule has 0 amide bonds. The summed E-state index contributed by atoms with van der Waals surface area (Å²) in [5, 5.41) is 0. The van der Waals surface area contributed by atoms with E-state index in [1.807, 2.05) is 0 Å². The van der Waals surface area contributed by atoms with Crippen LogP contribution in [0.5, 0.6) is 0 Å². The van der Waals surface area contributed by atoms with Gasteiger partial charge in [0.05, 0.1) is 0 Å². The van der Waals surface area contributed by atoms with E-state index in [2.05, 4.69) is 0 Å². The molecule has 0 aliphatic rings. The largest absolute Gasteiger partial charge is 0.269 e. The maximum atomic E-state index is 0. The van der Waals surface area contributed by atoms with Gasteiger partial charge in [-0.15, -0.1) is 0 Å². The SMILES string of the molecule is F.F.[N].[Ni]. The zero-order chi connectivity index (χ0) is 0. The van der Waals surface area contributed by atoms with Crippen molar-refractivity contribution in [2.45, 2.75) is 0 Å². The second kappa shape index (κ2) is 180. The average molecular weight is 113 g/mol. The zero-order valence-corrected chi connectivity index (χ0v) is 2.57. The minimum Gasteiger partial charge on any atom is -0.269 e. The van der Waals surface area contributed by atoms with Gasteiger partial charge in [-0.05, 0) is 0 Å². The average Bonchev–Trinajstić information content (AvgIpc) is 0. The van der Waals surface area contributed by atoms with Crippen molar-refractivity contribution < 1.29 is 25.9 Å². The molecule has 0 fully saturated rings. The first kappa shape index (κ1) is 482. The van der Waals surface area contributed by atoms with Crippen molar-refractivity contribution in [2.24, 2.45) is 0 Å². The Morgan fingerprint density at radius 3 is 0.750 bits per heavy atom. The van der Waals surface area contributed by atoms with Crippen molar-refractivity contribution in [1.29, 1.82) is 0 Å². The van der Waals surface area contributed by atoms with Crippen LogP contribution in [0.25, 0.3) is 0 Å². The van der Waals surface area contributed by atoms with Crippen molar-refractivity contribution in [2.75, 3.05) is 0 Å². The van der Waals surface area contributed by atoms with Crippen molar-refractivity contribution in [3.63, 3.8) is 0 Å². The minimum atomic E-state index is 0. The Balaban J connectivity index is 0. The molecule has 0 unspecified atom stereocenters. The van der Waals surface area contributed by atoms with Crippen LogP contribution < -0.4 is 6.15 Å². The van der Waals surface area contributed by atoms with Gasteiger partial charge < -0.3 is 0 Å². The van der Waals surface area contributed by atoms with E-state index in [1.54, 1.807) is 0 Å². The first-order valence-corrected chi connectivity index (χ1v) is 0. The van der Waals surface area contributed by atoms with Gasteiger partial charge >= 0.3 is 0 Å². The summed E-state index contributed by atoms with van der Waals surface area (Å²) in [6, 6.07) is 0. The summed E-state index contributed by atoms with van der Waals surface area (Å²) < 4.78 is 0. The Morgan fingerprint density at radius 1 is 0.750 bits per heavy atom. The van der Waals surface area contributed by atoms with Crippen molar-refractivity contribution in [3.05, 3.63) is 0 Å². The van der Waals surface area contributed by atoms with E-state index in [4.69, 9.17) is 0 Å². The summed E-state index contributed by atoms with van der Waals surface area (Å²) in [4.78, 5) is 0. The van der Waals surface area contributed by atoms with Crippen LogP contribution in [0.2, 0.25) is 0 Å². The normalized spacial score (nSPS) is 0. The second-order valence-electron chi connectivity index (χ2n) is 0. The van der Waals surface area contributed by atoms with Crippen LogP contribution in [-0.4, -0.2) is 0 Å². The topological polar surface area (TPSA) is 30.5 Å². The van der Waals surface area contributed by atoms with Crippen LogP contribution in [0, 0.1) is 0 Å². The fourth-order valence-corrected chi connectivity index (χ4v) is 0. The monoisotopic (exact) mass is 112 g/mol. The van der Waals surface area contributed by atoms with E-state index >= 15 is 0 Å². The van der Waals surface area contributed by atoms with E-state index in [0.29, 0.717) is 0 Å². The molecule has 0 heterocycles. The van der Waals surface area contributed by atoms with E-state index in [0.717, 1.165) is 0 Å². The molecule has 4 heteroatoms. The van der Waals surface area contributed by atoms with Gasteiger partial charge in [-0.3, -0.25) is 9.41 Å². The first-order chi connectivity index (χ1) is 0. The number of halogens is 2. The fraction of sp³-hybridized carbons (Fsp3) is 0. The summed E-state index contributed by atoms with van der Waals surface area (Å²) in [6.07, 6.45) is 0. The maximum Gasteiger partial charge on any atom is 0 e. The van der Waals surface area contributed by atoms with Crippen molar-refractivity contribution >= 4 is 0 Å². The molecule has 0 rings (SSSR count). The molecule has 0 aromatic carbocycles. The molecule has 0 aromatic heterocycles. The molecular weight excluding hydrogens is 111 g/mol. The van der Waals surface area contributed by atoms with Crippen LogP contribution in [-0.2, 0) is 16.5 Å². The molecule has 3 radical (unpaired) electrons. The van der Waals surface area contributed by atoms with Crippen LogP contribution in [0.1, 0.15) is 0 Å². The summed E-state index contributed by atoms with van der Waals surface area (Å²) in [5.74, 6) is 0. The molecule has 1 nitrogen and oxygen atoms in total. The van der Waals surface area contributed by atoms with E-state index in [1.165, 1.54) is 0 Å². The van der Waals surface area contributed by atoms with Gasteiger partial charge in [-0.1, -0.05) is 0 Å². The van der Waals surface area contributed by atoms with Crippen LogP contribution in [0.15, 0.2) is 0 Å². The number of hydrogen-bond donors (Lipinski definition) is 0. The smallest absolute Gasteiger partial charge is 0 e. The van der Waals surface area contributed by atoms with Crippen LogP contribution in [0.3, 0.4) is 0 Å². The van der Waals surface area contributed by atoms with Crippen LogP contribution in [0.4, 0.5) is 9.41 Å². The maximum absolute atomic E-state index is 0. The Bertz CT molecular complexity index is 6.00. The van der Waals surface area contributed by atoms with Crippen molar-refractivity contribution in [3.8, 4) is 0 Å². The molecule has 0 N–H and O–H groups in total. The first-order valence-electron chi connectivity index (χ1n) is 0. The zero-order valence-electron chi connectivity index (χ0n) is 1.58. The number of rotatable bonds is 0. The number of nitrogens with zero attached hydrogens (tertiary/aromatic N) is 1. The fourth-order valence-electron chi connectivity index (χ4n) is 0. The van der Waals surface area contributed by atoms with Gasteiger partial charge in [-0.25, -0.2) is 0 Å². The molecule has 0 aliphatic carbocycles. The van der Waals surface area contributed by atoms with Gasteiger partial charge in [0.2, 0.25) is 0 Å². The standard InChI is InChI=1S/2FH.N.Ni/h2*1H;;. The Kier molecular flexibility index (Phi) is 21700. The molecule has 0 atom stereocenters. The molecule has 0 aromatic rings. The van der Waals surface area contributed by atoms with E-state index in [9.17, 15) is 0 Å². The van der Waals surface area contributed by atoms with Gasteiger partial charge in [0.15, 0.2) is 0 Å². The van der Waals surface area contributed by atoms with E-state index < -0.39 is 0 Å².